The van der Waals surface area contributed by atoms with Crippen molar-refractivity contribution in [2.75, 3.05) is 11.2 Å². The molecule has 2 fully saturated rings. The maximum atomic E-state index is 12.6. The van der Waals surface area contributed by atoms with Crippen LogP contribution in [0.1, 0.15) is 32.6 Å². The van der Waals surface area contributed by atoms with Crippen LogP contribution in [0.4, 0.5) is 10.1 Å². The predicted molar refractivity (Wildman–Crippen MR) is 80.8 cm³/mol. The van der Waals surface area contributed by atoms with Gasteiger partial charge in [0.15, 0.2) is 5.78 Å². The summed E-state index contributed by atoms with van der Waals surface area (Å²) in [7, 11) is 0. The molecule has 2 unspecified atom stereocenters. The van der Waals surface area contributed by atoms with E-state index < -0.39 is 5.41 Å². The molecule has 0 saturated heterocycles. The molecule has 21 heavy (non-hydrogen) atoms. The van der Waals surface area contributed by atoms with Crippen LogP contribution in [0.2, 0.25) is 0 Å². The minimum absolute atomic E-state index is 0.0297. The number of hydrogen-bond acceptors (Lipinski definition) is 2. The third-order valence-electron chi connectivity index (χ3n) is 3.88. The number of halogens is 2. The maximum Gasteiger partial charge on any atom is 0.238 e. The first kappa shape index (κ1) is 16.0. The fraction of sp³-hybridized carbons (Fsp3) is 0.500. The Morgan fingerprint density at radius 1 is 1.38 bits per heavy atom. The lowest BCUT2D eigenvalue weighted by Crippen LogP contribution is -2.21. The van der Waals surface area contributed by atoms with Gasteiger partial charge in [0.05, 0.1) is 0 Å². The Morgan fingerprint density at radius 2 is 2.00 bits per heavy atom. The molecule has 114 valence electrons. The van der Waals surface area contributed by atoms with Crippen LogP contribution in [0, 0.1) is 17.2 Å². The van der Waals surface area contributed by atoms with E-state index in [1.807, 2.05) is 0 Å². The molecule has 0 aromatic heterocycles. The van der Waals surface area contributed by atoms with E-state index >= 15 is 0 Å². The number of unbranched alkanes of at least 4 members (excludes halogenated alkanes) is 2. The lowest BCUT2D eigenvalue weighted by Gasteiger charge is -2.05. The van der Waals surface area contributed by atoms with Gasteiger partial charge in [-0.15, -0.1) is 11.6 Å². The van der Waals surface area contributed by atoms with Gasteiger partial charge in [-0.05, 0) is 37.1 Å². The molecule has 0 bridgehead atoms. The van der Waals surface area contributed by atoms with Crippen molar-refractivity contribution < 1.29 is 14.0 Å². The Hall–Kier alpha value is -1.42. The van der Waals surface area contributed by atoms with Crippen LogP contribution in [-0.4, -0.2) is 17.6 Å². The highest BCUT2D eigenvalue weighted by Gasteiger charge is 2.84. The van der Waals surface area contributed by atoms with E-state index in [4.69, 9.17) is 11.6 Å². The summed E-state index contributed by atoms with van der Waals surface area (Å²) in [6.07, 6.45) is 4.41. The summed E-state index contributed by atoms with van der Waals surface area (Å²) in [6, 6.07) is 5.50. The van der Waals surface area contributed by atoms with Crippen molar-refractivity contribution in [3.63, 3.8) is 0 Å². The van der Waals surface area contributed by atoms with Gasteiger partial charge in [-0.2, -0.15) is 0 Å². The number of carbonyl (C=O) groups excluding carboxylic acids is 2. The molecule has 2 atom stereocenters. The standard InChI is InChI=1S/C11H8FNO2.C5H11Cl/c12-6-1-3-7(4-2-6)13-10(15)11-5-8(11)9(11)14;1-2-3-4-5-6/h1-4,8H,5H2,(H,13,15);2-5H2,1H3. The van der Waals surface area contributed by atoms with Crippen molar-refractivity contribution >= 4 is 29.0 Å². The Labute approximate surface area is 128 Å². The van der Waals surface area contributed by atoms with E-state index in [9.17, 15) is 14.0 Å². The van der Waals surface area contributed by atoms with Crippen molar-refractivity contribution in [3.05, 3.63) is 30.1 Å². The molecule has 2 aliphatic rings. The van der Waals surface area contributed by atoms with Crippen LogP contribution >= 0.6 is 11.6 Å². The summed E-state index contributed by atoms with van der Waals surface area (Å²) in [4.78, 5) is 22.6. The first-order valence-electron chi connectivity index (χ1n) is 7.23. The summed E-state index contributed by atoms with van der Waals surface area (Å²) in [6.45, 7) is 2.17. The van der Waals surface area contributed by atoms with Gasteiger partial charge in [-0.3, -0.25) is 9.59 Å². The van der Waals surface area contributed by atoms with Gasteiger partial charge >= 0.3 is 0 Å². The molecule has 5 heteroatoms. The molecule has 0 spiro atoms. The zero-order valence-corrected chi connectivity index (χ0v) is 12.8. The fourth-order valence-electron chi connectivity index (χ4n) is 2.22. The first-order chi connectivity index (χ1) is 10.1. The molecule has 0 radical (unpaired) electrons. The molecule has 3 nitrogen and oxygen atoms in total. The van der Waals surface area contributed by atoms with Gasteiger partial charge in [-0.25, -0.2) is 4.39 Å². The summed E-state index contributed by atoms with van der Waals surface area (Å²) in [5, 5.41) is 2.62. The number of hydrogen-bond donors (Lipinski definition) is 1. The molecular weight excluding hydrogens is 293 g/mol. The summed E-state index contributed by atoms with van der Waals surface area (Å²) in [5.74, 6) is 0.246. The van der Waals surface area contributed by atoms with Crippen LogP contribution in [0.15, 0.2) is 24.3 Å². The van der Waals surface area contributed by atoms with Gasteiger partial charge in [0.2, 0.25) is 5.91 Å². The summed E-state index contributed by atoms with van der Waals surface area (Å²) < 4.78 is 12.6. The number of ketones is 1. The van der Waals surface area contributed by atoms with Crippen molar-refractivity contribution in [2.45, 2.75) is 32.6 Å². The quantitative estimate of drug-likeness (QED) is 0.511. The zero-order valence-electron chi connectivity index (χ0n) is 12.0. The number of benzene rings is 1. The first-order valence-corrected chi connectivity index (χ1v) is 7.77. The van der Waals surface area contributed by atoms with Gasteiger partial charge < -0.3 is 5.32 Å². The fourth-order valence-corrected chi connectivity index (χ4v) is 2.41. The van der Waals surface area contributed by atoms with Gasteiger partial charge in [-0.1, -0.05) is 19.8 Å². The minimum atomic E-state index is -0.700. The van der Waals surface area contributed by atoms with Crippen LogP contribution in [0.3, 0.4) is 0 Å². The molecule has 2 aliphatic carbocycles. The van der Waals surface area contributed by atoms with E-state index in [1.165, 1.54) is 43.5 Å². The molecule has 1 N–H and O–H groups in total. The zero-order chi connectivity index (χ0) is 15.5. The molecule has 3 rings (SSSR count). The highest BCUT2D eigenvalue weighted by molar-refractivity contribution is 6.30. The molecule has 1 aromatic rings. The number of nitrogens with one attached hydrogen (secondary N) is 1. The molecule has 0 aliphatic heterocycles. The maximum absolute atomic E-state index is 12.6. The summed E-state index contributed by atoms with van der Waals surface area (Å²) in [5.41, 5.74) is -0.171. The van der Waals surface area contributed by atoms with Crippen molar-refractivity contribution in [1.29, 1.82) is 0 Å². The SMILES string of the molecule is CCCCCCl.O=C(Nc1ccc(F)cc1)C12CC1C2=O. The third kappa shape index (κ3) is 3.43. The van der Waals surface area contributed by atoms with Crippen LogP contribution in [0.5, 0.6) is 0 Å². The average molecular weight is 312 g/mol. The van der Waals surface area contributed by atoms with Crippen LogP contribution < -0.4 is 5.32 Å². The Morgan fingerprint density at radius 3 is 2.38 bits per heavy atom. The number of Topliss-reactive ketones (excluding diaryl/α,β-unsaturated/α-hetero) is 1. The van der Waals surface area contributed by atoms with E-state index in [1.54, 1.807) is 0 Å². The number of amides is 1. The van der Waals surface area contributed by atoms with Crippen LogP contribution in [-0.2, 0) is 9.59 Å². The highest BCUT2D eigenvalue weighted by atomic mass is 35.5. The molecule has 2 saturated carbocycles. The smallest absolute Gasteiger partial charge is 0.238 e. The molecule has 1 amide bonds. The largest absolute Gasteiger partial charge is 0.325 e. The lowest BCUT2D eigenvalue weighted by atomic mass is 10.2. The second-order valence-electron chi connectivity index (χ2n) is 5.45. The second-order valence-corrected chi connectivity index (χ2v) is 5.83. The number of fused-ring (bicyclic) bond motifs is 1. The Kier molecular flexibility index (Phi) is 4.99. The number of alkyl halides is 1. The highest BCUT2D eigenvalue weighted by Crippen LogP contribution is 2.71. The molecule has 0 heterocycles. The Balaban J connectivity index is 0.000000232. The van der Waals surface area contributed by atoms with Gasteiger partial charge in [0, 0.05) is 17.5 Å². The molecule has 1 aromatic carbocycles. The van der Waals surface area contributed by atoms with E-state index in [2.05, 4.69) is 12.2 Å². The van der Waals surface area contributed by atoms with E-state index in [0.717, 1.165) is 5.88 Å². The minimum Gasteiger partial charge on any atom is -0.325 e. The van der Waals surface area contributed by atoms with Crippen molar-refractivity contribution in [1.82, 2.24) is 0 Å². The predicted octanol–water partition coefficient (Wildman–Crippen LogP) is 3.77. The second kappa shape index (κ2) is 6.56. The normalized spacial score (nSPS) is 24.5. The lowest BCUT2D eigenvalue weighted by molar-refractivity contribution is -0.124. The van der Waals surface area contributed by atoms with E-state index in [0.29, 0.717) is 12.1 Å². The third-order valence-corrected chi connectivity index (χ3v) is 4.15. The van der Waals surface area contributed by atoms with Gasteiger partial charge in [0.1, 0.15) is 11.2 Å². The van der Waals surface area contributed by atoms with Crippen molar-refractivity contribution in [3.8, 4) is 0 Å². The monoisotopic (exact) mass is 311 g/mol. The topological polar surface area (TPSA) is 46.2 Å². The summed E-state index contributed by atoms with van der Waals surface area (Å²) >= 11 is 5.38. The number of rotatable bonds is 5. The number of anilines is 1. The van der Waals surface area contributed by atoms with Gasteiger partial charge in [0.25, 0.3) is 0 Å². The van der Waals surface area contributed by atoms with Crippen molar-refractivity contribution in [2.24, 2.45) is 11.3 Å². The Bertz CT molecular complexity index is 528. The average Bonchev–Trinajstić information content (AvgIpc) is 3.37. The van der Waals surface area contributed by atoms with E-state index in [-0.39, 0.29) is 23.4 Å². The van der Waals surface area contributed by atoms with Crippen LogP contribution in [0.25, 0.3) is 0 Å². The number of carbonyl (C=O) groups is 2. The molecular formula is C16H19ClFNO2.